The molecule has 4 atom stereocenters. The average Bonchev–Trinajstić information content (AvgIpc) is 3.20. The van der Waals surface area contributed by atoms with Crippen LogP contribution in [0.2, 0.25) is 0 Å². The predicted molar refractivity (Wildman–Crippen MR) is 83.0 cm³/mol. The number of amides is 1. The molecule has 0 aromatic carbocycles. The van der Waals surface area contributed by atoms with E-state index >= 15 is 0 Å². The largest absolute Gasteiger partial charge is 0.383 e. The Morgan fingerprint density at radius 1 is 1.29 bits per heavy atom. The molecular formula is C17H30N2O2. The van der Waals surface area contributed by atoms with Crippen molar-refractivity contribution in [2.45, 2.75) is 51.0 Å². The van der Waals surface area contributed by atoms with Gasteiger partial charge in [0, 0.05) is 32.7 Å². The summed E-state index contributed by atoms with van der Waals surface area (Å²) >= 11 is 0. The number of carbonyl (C=O) groups is 1. The van der Waals surface area contributed by atoms with Crippen molar-refractivity contribution in [3.63, 3.8) is 0 Å². The molecule has 0 aromatic rings. The molecule has 1 N–H and O–H groups in total. The van der Waals surface area contributed by atoms with E-state index in [0.29, 0.717) is 24.5 Å². The minimum Gasteiger partial charge on any atom is -0.383 e. The normalized spacial score (nSPS) is 34.5. The van der Waals surface area contributed by atoms with Crippen molar-refractivity contribution in [2.24, 2.45) is 17.8 Å². The highest BCUT2D eigenvalue weighted by atomic mass is 16.5. The van der Waals surface area contributed by atoms with Crippen LogP contribution < -0.4 is 5.32 Å². The molecule has 2 aliphatic carbocycles. The molecule has 0 spiro atoms. The van der Waals surface area contributed by atoms with Gasteiger partial charge in [0.25, 0.3) is 0 Å². The number of carbonyl (C=O) groups excluding carboxylic acids is 1. The first-order chi connectivity index (χ1) is 10.3. The molecule has 2 saturated carbocycles. The zero-order chi connectivity index (χ0) is 14.7. The first-order valence-corrected chi connectivity index (χ1v) is 8.76. The van der Waals surface area contributed by atoms with Gasteiger partial charge in [0.2, 0.25) is 5.91 Å². The molecule has 2 bridgehead atoms. The highest BCUT2D eigenvalue weighted by molar-refractivity contribution is 5.76. The third kappa shape index (κ3) is 3.78. The molecule has 3 aliphatic rings. The number of nitrogens with zero attached hydrogens (tertiary/aromatic N) is 1. The van der Waals surface area contributed by atoms with Crippen LogP contribution in [0.4, 0.5) is 0 Å². The van der Waals surface area contributed by atoms with Crippen LogP contribution in [-0.4, -0.2) is 50.2 Å². The molecule has 1 amide bonds. The molecule has 1 heterocycles. The van der Waals surface area contributed by atoms with Crippen LogP contribution in [0.3, 0.4) is 0 Å². The number of fused-ring (bicyclic) bond motifs is 2. The number of ether oxygens (including phenoxy) is 1. The van der Waals surface area contributed by atoms with Gasteiger partial charge in [-0.3, -0.25) is 4.79 Å². The second-order valence-corrected chi connectivity index (χ2v) is 7.26. The van der Waals surface area contributed by atoms with Crippen molar-refractivity contribution in [1.29, 1.82) is 0 Å². The van der Waals surface area contributed by atoms with Gasteiger partial charge in [-0.15, -0.1) is 0 Å². The Labute approximate surface area is 128 Å². The van der Waals surface area contributed by atoms with Crippen LogP contribution in [-0.2, 0) is 9.53 Å². The lowest BCUT2D eigenvalue weighted by Gasteiger charge is -2.29. The van der Waals surface area contributed by atoms with Crippen LogP contribution in [0.25, 0.3) is 0 Å². The molecule has 120 valence electrons. The van der Waals surface area contributed by atoms with Crippen molar-refractivity contribution < 1.29 is 9.53 Å². The third-order valence-corrected chi connectivity index (χ3v) is 5.84. The summed E-state index contributed by atoms with van der Waals surface area (Å²) in [6.07, 6.45) is 8.68. The maximum absolute atomic E-state index is 12.7. The second kappa shape index (κ2) is 7.10. The van der Waals surface area contributed by atoms with Gasteiger partial charge in [0.05, 0.1) is 6.61 Å². The summed E-state index contributed by atoms with van der Waals surface area (Å²) in [4.78, 5) is 14.8. The molecule has 3 rings (SSSR count). The molecule has 4 nitrogen and oxygen atoms in total. The van der Waals surface area contributed by atoms with Gasteiger partial charge in [-0.05, 0) is 56.4 Å². The van der Waals surface area contributed by atoms with E-state index in [-0.39, 0.29) is 0 Å². The van der Waals surface area contributed by atoms with Gasteiger partial charge in [0.15, 0.2) is 0 Å². The van der Waals surface area contributed by atoms with E-state index in [1.54, 1.807) is 7.11 Å². The molecule has 0 radical (unpaired) electrons. The SMILES string of the molecule is COCCN(CC1CCCN1)C(=O)CC1CC2CCC1C2. The summed E-state index contributed by atoms with van der Waals surface area (Å²) in [6.45, 7) is 3.36. The zero-order valence-corrected chi connectivity index (χ0v) is 13.4. The lowest BCUT2D eigenvalue weighted by molar-refractivity contribution is -0.133. The molecule has 21 heavy (non-hydrogen) atoms. The Kier molecular flexibility index (Phi) is 5.17. The predicted octanol–water partition coefficient (Wildman–Crippen LogP) is 2.04. The summed E-state index contributed by atoms with van der Waals surface area (Å²) in [5.41, 5.74) is 0. The summed E-state index contributed by atoms with van der Waals surface area (Å²) in [5.74, 6) is 2.79. The molecule has 0 aromatic heterocycles. The Hall–Kier alpha value is -0.610. The maximum atomic E-state index is 12.7. The van der Waals surface area contributed by atoms with Crippen molar-refractivity contribution >= 4 is 5.91 Å². The molecule has 1 aliphatic heterocycles. The van der Waals surface area contributed by atoms with Crippen molar-refractivity contribution in [3.05, 3.63) is 0 Å². The van der Waals surface area contributed by atoms with Crippen LogP contribution in [0.5, 0.6) is 0 Å². The average molecular weight is 294 g/mol. The van der Waals surface area contributed by atoms with Crippen LogP contribution in [0, 0.1) is 17.8 Å². The van der Waals surface area contributed by atoms with Gasteiger partial charge in [-0.2, -0.15) is 0 Å². The Morgan fingerprint density at radius 3 is 2.81 bits per heavy atom. The number of hydrogen-bond donors (Lipinski definition) is 1. The molecule has 3 fully saturated rings. The van der Waals surface area contributed by atoms with E-state index in [4.69, 9.17) is 4.74 Å². The number of nitrogens with one attached hydrogen (secondary N) is 1. The van der Waals surface area contributed by atoms with Crippen molar-refractivity contribution in [3.8, 4) is 0 Å². The quantitative estimate of drug-likeness (QED) is 0.781. The van der Waals surface area contributed by atoms with E-state index < -0.39 is 0 Å². The lowest BCUT2D eigenvalue weighted by Crippen LogP contribution is -2.43. The van der Waals surface area contributed by atoms with Gasteiger partial charge in [-0.1, -0.05) is 6.42 Å². The maximum Gasteiger partial charge on any atom is 0.222 e. The lowest BCUT2D eigenvalue weighted by atomic mass is 9.86. The molecule has 4 heteroatoms. The standard InChI is InChI=1S/C17H30N2O2/c1-21-8-7-19(12-16-3-2-6-18-16)17(20)11-15-10-13-4-5-14(15)9-13/h13-16,18H,2-12H2,1H3. The fraction of sp³-hybridized carbons (Fsp3) is 0.941. The van der Waals surface area contributed by atoms with Crippen molar-refractivity contribution in [1.82, 2.24) is 10.2 Å². The van der Waals surface area contributed by atoms with Crippen LogP contribution in [0.15, 0.2) is 0 Å². The van der Waals surface area contributed by atoms with Gasteiger partial charge in [-0.25, -0.2) is 0 Å². The number of methoxy groups -OCH3 is 1. The summed E-state index contributed by atoms with van der Waals surface area (Å²) < 4.78 is 5.19. The summed E-state index contributed by atoms with van der Waals surface area (Å²) in [5, 5.41) is 3.50. The van der Waals surface area contributed by atoms with Crippen LogP contribution in [0.1, 0.15) is 44.9 Å². The van der Waals surface area contributed by atoms with E-state index in [1.165, 1.54) is 38.5 Å². The molecular weight excluding hydrogens is 264 g/mol. The first-order valence-electron chi connectivity index (χ1n) is 8.76. The fourth-order valence-corrected chi connectivity index (χ4v) is 4.68. The van der Waals surface area contributed by atoms with Crippen LogP contribution >= 0.6 is 0 Å². The van der Waals surface area contributed by atoms with Gasteiger partial charge < -0.3 is 15.0 Å². The van der Waals surface area contributed by atoms with E-state index in [2.05, 4.69) is 10.2 Å². The third-order valence-electron chi connectivity index (χ3n) is 5.84. The minimum atomic E-state index is 0.360. The number of hydrogen-bond acceptors (Lipinski definition) is 3. The van der Waals surface area contributed by atoms with Gasteiger partial charge >= 0.3 is 0 Å². The smallest absolute Gasteiger partial charge is 0.222 e. The van der Waals surface area contributed by atoms with E-state index in [1.807, 2.05) is 0 Å². The first kappa shape index (κ1) is 15.3. The highest BCUT2D eigenvalue weighted by Gasteiger charge is 2.40. The Morgan fingerprint density at radius 2 is 2.19 bits per heavy atom. The highest BCUT2D eigenvalue weighted by Crippen LogP contribution is 2.49. The fourth-order valence-electron chi connectivity index (χ4n) is 4.68. The Balaban J connectivity index is 1.52. The topological polar surface area (TPSA) is 41.6 Å². The van der Waals surface area contributed by atoms with Gasteiger partial charge in [0.1, 0.15) is 0 Å². The van der Waals surface area contributed by atoms with E-state index in [9.17, 15) is 4.79 Å². The molecule has 4 unspecified atom stereocenters. The zero-order valence-electron chi connectivity index (χ0n) is 13.4. The minimum absolute atomic E-state index is 0.360. The van der Waals surface area contributed by atoms with E-state index in [0.717, 1.165) is 37.9 Å². The Bertz CT molecular complexity index is 355. The van der Waals surface area contributed by atoms with Crippen molar-refractivity contribution in [2.75, 3.05) is 33.4 Å². The second-order valence-electron chi connectivity index (χ2n) is 7.26. The monoisotopic (exact) mass is 294 g/mol. The summed E-state index contributed by atoms with van der Waals surface area (Å²) in [6, 6.07) is 0.492. The number of rotatable bonds is 7. The summed E-state index contributed by atoms with van der Waals surface area (Å²) in [7, 11) is 1.71. The molecule has 1 saturated heterocycles.